The van der Waals surface area contributed by atoms with Gasteiger partial charge in [0.25, 0.3) is 0 Å². The van der Waals surface area contributed by atoms with Gasteiger partial charge < -0.3 is 4.52 Å². The third kappa shape index (κ3) is 4.05. The van der Waals surface area contributed by atoms with Crippen molar-refractivity contribution in [1.82, 2.24) is 29.7 Å². The highest BCUT2D eigenvalue weighted by atomic mass is 35.5. The lowest BCUT2D eigenvalue weighted by molar-refractivity contribution is 0.119. The van der Waals surface area contributed by atoms with Crippen molar-refractivity contribution >= 4 is 11.6 Å². The van der Waals surface area contributed by atoms with Crippen LogP contribution in [-0.4, -0.2) is 55.9 Å². The van der Waals surface area contributed by atoms with Crippen LogP contribution in [0, 0.1) is 13.8 Å². The molecule has 4 rings (SSSR count). The molecule has 0 radical (unpaired) electrons. The van der Waals surface area contributed by atoms with Gasteiger partial charge in [-0.2, -0.15) is 10.1 Å². The maximum absolute atomic E-state index is 6.66. The number of para-hydroxylation sites is 1. The summed E-state index contributed by atoms with van der Waals surface area (Å²) in [5.74, 6) is 1.37. The number of aromatic nitrogens is 4. The molecule has 2 aromatic heterocycles. The Morgan fingerprint density at radius 1 is 1.00 bits per heavy atom. The molecule has 0 spiro atoms. The lowest BCUT2D eigenvalue weighted by Gasteiger charge is -2.33. The average Bonchev–Trinajstić information content (AvgIpc) is 3.21. The Kier molecular flexibility index (Phi) is 5.24. The first-order valence-electron chi connectivity index (χ1n) is 9.13. The Morgan fingerprint density at radius 3 is 2.30 bits per heavy atom. The van der Waals surface area contributed by atoms with E-state index in [2.05, 4.69) is 25.0 Å². The second-order valence-corrected chi connectivity index (χ2v) is 7.24. The van der Waals surface area contributed by atoms with Gasteiger partial charge in [-0.3, -0.25) is 9.80 Å². The first-order valence-corrected chi connectivity index (χ1v) is 9.51. The van der Waals surface area contributed by atoms with Crippen molar-refractivity contribution in [3.8, 4) is 5.69 Å². The smallest absolute Gasteiger partial charge is 0.223 e. The first-order chi connectivity index (χ1) is 13.1. The van der Waals surface area contributed by atoms with Crippen molar-refractivity contribution in [3.05, 3.63) is 58.5 Å². The second kappa shape index (κ2) is 7.80. The summed E-state index contributed by atoms with van der Waals surface area (Å²) in [7, 11) is 0. The van der Waals surface area contributed by atoms with E-state index in [1.54, 1.807) is 0 Å². The highest BCUT2D eigenvalue weighted by Crippen LogP contribution is 2.25. The van der Waals surface area contributed by atoms with Gasteiger partial charge in [-0.05, 0) is 19.1 Å². The van der Waals surface area contributed by atoms with Crippen LogP contribution in [0.15, 0.2) is 34.9 Å². The average molecular weight is 387 g/mol. The fourth-order valence-electron chi connectivity index (χ4n) is 3.39. The van der Waals surface area contributed by atoms with Gasteiger partial charge in [-0.15, -0.1) is 0 Å². The largest absolute Gasteiger partial charge is 0.340 e. The number of nitrogens with zero attached hydrogens (tertiary/aromatic N) is 6. The zero-order chi connectivity index (χ0) is 18.8. The summed E-state index contributed by atoms with van der Waals surface area (Å²) in [5.41, 5.74) is 3.06. The van der Waals surface area contributed by atoms with E-state index in [-0.39, 0.29) is 0 Å². The van der Waals surface area contributed by atoms with Crippen LogP contribution >= 0.6 is 11.6 Å². The maximum Gasteiger partial charge on any atom is 0.223 e. The minimum Gasteiger partial charge on any atom is -0.340 e. The fourth-order valence-corrected chi connectivity index (χ4v) is 3.72. The van der Waals surface area contributed by atoms with Gasteiger partial charge in [-0.1, -0.05) is 35.0 Å². The Balaban J connectivity index is 1.38. The summed E-state index contributed by atoms with van der Waals surface area (Å²) in [6, 6.07) is 10.0. The number of hydrogen-bond acceptors (Lipinski definition) is 6. The molecule has 0 unspecified atom stereocenters. The summed E-state index contributed by atoms with van der Waals surface area (Å²) >= 11 is 6.66. The van der Waals surface area contributed by atoms with Gasteiger partial charge in [0.2, 0.25) is 5.89 Å². The van der Waals surface area contributed by atoms with Crippen LogP contribution in [-0.2, 0) is 13.1 Å². The molecular formula is C19H23ClN6O. The molecule has 1 fully saturated rings. The molecule has 7 nitrogen and oxygen atoms in total. The van der Waals surface area contributed by atoms with Crippen molar-refractivity contribution in [2.75, 3.05) is 26.2 Å². The normalized spacial score (nSPS) is 16.1. The zero-order valence-corrected chi connectivity index (χ0v) is 16.4. The third-order valence-corrected chi connectivity index (χ3v) is 5.29. The molecule has 0 saturated carbocycles. The van der Waals surface area contributed by atoms with Crippen molar-refractivity contribution < 1.29 is 4.52 Å². The molecule has 0 bridgehead atoms. The van der Waals surface area contributed by atoms with Gasteiger partial charge in [0.15, 0.2) is 5.82 Å². The second-order valence-electron chi connectivity index (χ2n) is 6.88. The van der Waals surface area contributed by atoms with E-state index in [1.165, 1.54) is 0 Å². The summed E-state index contributed by atoms with van der Waals surface area (Å²) in [6.45, 7) is 9.27. The first kappa shape index (κ1) is 18.2. The molecule has 1 aliphatic heterocycles. The van der Waals surface area contributed by atoms with Crippen LogP contribution in [0.25, 0.3) is 5.69 Å². The molecule has 0 amide bonds. The summed E-state index contributed by atoms with van der Waals surface area (Å²) < 4.78 is 6.87. The number of benzene rings is 1. The maximum atomic E-state index is 6.66. The van der Waals surface area contributed by atoms with Gasteiger partial charge in [-0.25, -0.2) is 4.68 Å². The Bertz CT molecular complexity index is 898. The minimum absolute atomic E-state index is 0.615. The van der Waals surface area contributed by atoms with Crippen LogP contribution in [0.2, 0.25) is 5.15 Å². The standard InChI is InChI=1S/C19H23ClN6O/c1-14-17(19(20)26(22-14)16-6-4-3-5-7-16)12-24-8-10-25(11-9-24)13-18-21-15(2)27-23-18/h3-7H,8-13H2,1-2H3. The number of rotatable bonds is 5. The Hall–Kier alpha value is -2.22. The van der Waals surface area contributed by atoms with Crippen molar-refractivity contribution in [2.24, 2.45) is 0 Å². The molecule has 27 heavy (non-hydrogen) atoms. The molecule has 8 heteroatoms. The van der Waals surface area contributed by atoms with E-state index < -0.39 is 0 Å². The Morgan fingerprint density at radius 2 is 1.67 bits per heavy atom. The van der Waals surface area contributed by atoms with Gasteiger partial charge >= 0.3 is 0 Å². The monoisotopic (exact) mass is 386 g/mol. The predicted octanol–water partition coefficient (Wildman–Crippen LogP) is 2.84. The quantitative estimate of drug-likeness (QED) is 0.672. The molecule has 1 saturated heterocycles. The SMILES string of the molecule is Cc1nc(CN2CCN(Cc3c(C)nn(-c4ccccc4)c3Cl)CC2)no1. The highest BCUT2D eigenvalue weighted by molar-refractivity contribution is 6.30. The minimum atomic E-state index is 0.615. The summed E-state index contributed by atoms with van der Waals surface area (Å²) in [6.07, 6.45) is 0. The Labute approximate surface area is 163 Å². The molecule has 1 aromatic carbocycles. The molecule has 0 atom stereocenters. The van der Waals surface area contributed by atoms with E-state index in [4.69, 9.17) is 16.1 Å². The van der Waals surface area contributed by atoms with E-state index in [1.807, 2.05) is 48.9 Å². The van der Waals surface area contributed by atoms with Crippen LogP contribution in [0.4, 0.5) is 0 Å². The molecule has 0 N–H and O–H groups in total. The van der Waals surface area contributed by atoms with Crippen molar-refractivity contribution in [3.63, 3.8) is 0 Å². The number of aryl methyl sites for hydroxylation is 2. The van der Waals surface area contributed by atoms with Crippen LogP contribution < -0.4 is 0 Å². The highest BCUT2D eigenvalue weighted by Gasteiger charge is 2.22. The molecule has 142 valence electrons. The lowest BCUT2D eigenvalue weighted by Crippen LogP contribution is -2.45. The summed E-state index contributed by atoms with van der Waals surface area (Å²) in [5, 5.41) is 9.32. The molecule has 1 aliphatic rings. The van der Waals surface area contributed by atoms with E-state index in [0.29, 0.717) is 11.0 Å². The van der Waals surface area contributed by atoms with Crippen LogP contribution in [0.5, 0.6) is 0 Å². The van der Waals surface area contributed by atoms with Crippen LogP contribution in [0.1, 0.15) is 23.0 Å². The van der Waals surface area contributed by atoms with E-state index >= 15 is 0 Å². The van der Waals surface area contributed by atoms with E-state index in [0.717, 1.165) is 62.0 Å². The van der Waals surface area contributed by atoms with Crippen molar-refractivity contribution in [1.29, 1.82) is 0 Å². The fraction of sp³-hybridized carbons (Fsp3) is 0.421. The molecular weight excluding hydrogens is 364 g/mol. The molecule has 3 aromatic rings. The molecule has 3 heterocycles. The predicted molar refractivity (Wildman–Crippen MR) is 103 cm³/mol. The van der Waals surface area contributed by atoms with Gasteiger partial charge in [0.05, 0.1) is 17.9 Å². The third-order valence-electron chi connectivity index (χ3n) is 4.90. The van der Waals surface area contributed by atoms with Gasteiger partial charge in [0, 0.05) is 45.2 Å². The summed E-state index contributed by atoms with van der Waals surface area (Å²) in [4.78, 5) is 9.05. The van der Waals surface area contributed by atoms with Crippen LogP contribution in [0.3, 0.4) is 0 Å². The topological polar surface area (TPSA) is 63.2 Å². The molecule has 0 aliphatic carbocycles. The number of halogens is 1. The number of hydrogen-bond donors (Lipinski definition) is 0. The lowest BCUT2D eigenvalue weighted by atomic mass is 10.2. The van der Waals surface area contributed by atoms with Gasteiger partial charge in [0.1, 0.15) is 5.15 Å². The van der Waals surface area contributed by atoms with E-state index in [9.17, 15) is 0 Å². The number of piperazine rings is 1. The van der Waals surface area contributed by atoms with Crippen molar-refractivity contribution in [2.45, 2.75) is 26.9 Å². The zero-order valence-electron chi connectivity index (χ0n) is 15.6.